The number of aromatic nitrogens is 2. The summed E-state index contributed by atoms with van der Waals surface area (Å²) in [6.45, 7) is 2.73. The van der Waals surface area contributed by atoms with Gasteiger partial charge in [-0.25, -0.2) is 14.4 Å². The van der Waals surface area contributed by atoms with Crippen molar-refractivity contribution in [1.29, 1.82) is 0 Å². The maximum absolute atomic E-state index is 13.6. The summed E-state index contributed by atoms with van der Waals surface area (Å²) < 4.78 is 18.6. The zero-order valence-corrected chi connectivity index (χ0v) is 14.4. The Morgan fingerprint density at radius 3 is 2.92 bits per heavy atom. The van der Waals surface area contributed by atoms with Crippen molar-refractivity contribution in [3.05, 3.63) is 30.3 Å². The number of nitrogens with zero attached hydrogens (tertiary/aromatic N) is 3. The van der Waals surface area contributed by atoms with Gasteiger partial charge < -0.3 is 15.0 Å². The predicted octanol–water partition coefficient (Wildman–Crippen LogP) is 2.14. The summed E-state index contributed by atoms with van der Waals surface area (Å²) in [5.74, 6) is 0.565. The molecule has 25 heavy (non-hydrogen) atoms. The Labute approximate surface area is 146 Å². The number of nitrogens with one attached hydrogen (secondary N) is 1. The van der Waals surface area contributed by atoms with Crippen LogP contribution in [0.3, 0.4) is 0 Å². The number of hydrogen-bond donors (Lipinski definition) is 1. The molecule has 0 spiro atoms. The van der Waals surface area contributed by atoms with Crippen molar-refractivity contribution in [2.24, 2.45) is 5.92 Å². The van der Waals surface area contributed by atoms with Crippen molar-refractivity contribution < 1.29 is 13.9 Å². The Morgan fingerprint density at radius 2 is 2.16 bits per heavy atom. The van der Waals surface area contributed by atoms with Crippen molar-refractivity contribution in [3.63, 3.8) is 0 Å². The summed E-state index contributed by atoms with van der Waals surface area (Å²) in [7, 11) is 1.65. The van der Waals surface area contributed by atoms with Gasteiger partial charge in [0, 0.05) is 44.7 Å². The Balaban J connectivity index is 1.61. The standard InChI is InChI=1S/C18H23FN4O2/c1-25-10-2-7-20-18(24)13-5-8-23(9-6-13)17-15-11-14(19)3-4-16(15)21-12-22-17/h3-4,11-13H,2,5-10H2,1H3,(H,20,24). The summed E-state index contributed by atoms with van der Waals surface area (Å²) in [4.78, 5) is 22.9. The van der Waals surface area contributed by atoms with E-state index in [1.807, 2.05) is 0 Å². The summed E-state index contributed by atoms with van der Waals surface area (Å²) in [6, 6.07) is 4.54. The largest absolute Gasteiger partial charge is 0.385 e. The molecule has 1 fully saturated rings. The molecule has 7 heteroatoms. The molecule has 1 saturated heterocycles. The number of fused-ring (bicyclic) bond motifs is 1. The van der Waals surface area contributed by atoms with Crippen LogP contribution in [0.5, 0.6) is 0 Å². The molecule has 0 unspecified atom stereocenters. The highest BCUT2D eigenvalue weighted by atomic mass is 19.1. The maximum atomic E-state index is 13.6. The second kappa shape index (κ2) is 8.20. The van der Waals surface area contributed by atoms with Crippen LogP contribution in [0, 0.1) is 11.7 Å². The molecular formula is C18H23FN4O2. The Kier molecular flexibility index (Phi) is 5.75. The second-order valence-corrected chi connectivity index (χ2v) is 6.26. The minimum absolute atomic E-state index is 0.0173. The normalized spacial score (nSPS) is 15.5. The topological polar surface area (TPSA) is 67.3 Å². The zero-order valence-electron chi connectivity index (χ0n) is 14.4. The highest BCUT2D eigenvalue weighted by molar-refractivity contribution is 5.89. The lowest BCUT2D eigenvalue weighted by molar-refractivity contribution is -0.125. The number of anilines is 1. The van der Waals surface area contributed by atoms with E-state index in [0.29, 0.717) is 18.5 Å². The van der Waals surface area contributed by atoms with Crippen LogP contribution < -0.4 is 10.2 Å². The summed E-state index contributed by atoms with van der Waals surface area (Å²) in [5.41, 5.74) is 0.726. The van der Waals surface area contributed by atoms with E-state index in [2.05, 4.69) is 20.2 Å². The van der Waals surface area contributed by atoms with E-state index >= 15 is 0 Å². The van der Waals surface area contributed by atoms with E-state index in [9.17, 15) is 9.18 Å². The van der Waals surface area contributed by atoms with Gasteiger partial charge in [0.15, 0.2) is 0 Å². The Morgan fingerprint density at radius 1 is 1.36 bits per heavy atom. The third-order valence-electron chi connectivity index (χ3n) is 4.57. The van der Waals surface area contributed by atoms with Gasteiger partial charge in [-0.2, -0.15) is 0 Å². The van der Waals surface area contributed by atoms with Gasteiger partial charge in [-0.15, -0.1) is 0 Å². The number of methoxy groups -OCH3 is 1. The number of benzene rings is 1. The molecule has 0 saturated carbocycles. The van der Waals surface area contributed by atoms with Gasteiger partial charge in [0.2, 0.25) is 5.91 Å². The lowest BCUT2D eigenvalue weighted by Gasteiger charge is -2.32. The molecule has 3 rings (SSSR count). The SMILES string of the molecule is COCCCNC(=O)C1CCN(c2ncnc3ccc(F)cc23)CC1. The van der Waals surface area contributed by atoms with Crippen molar-refractivity contribution in [2.75, 3.05) is 38.3 Å². The first-order chi connectivity index (χ1) is 12.2. The number of halogens is 1. The van der Waals surface area contributed by atoms with E-state index in [0.717, 1.165) is 43.7 Å². The Hall–Kier alpha value is -2.28. The minimum atomic E-state index is -0.297. The van der Waals surface area contributed by atoms with Crippen LogP contribution in [0.15, 0.2) is 24.5 Å². The molecule has 1 aromatic carbocycles. The van der Waals surface area contributed by atoms with Gasteiger partial charge in [-0.1, -0.05) is 0 Å². The van der Waals surface area contributed by atoms with Crippen molar-refractivity contribution in [1.82, 2.24) is 15.3 Å². The molecule has 6 nitrogen and oxygen atoms in total. The van der Waals surface area contributed by atoms with Crippen LogP contribution in [0.25, 0.3) is 10.9 Å². The number of carbonyl (C=O) groups excluding carboxylic acids is 1. The Bertz CT molecular complexity index is 732. The van der Waals surface area contributed by atoms with E-state index in [1.165, 1.54) is 18.5 Å². The minimum Gasteiger partial charge on any atom is -0.385 e. The quantitative estimate of drug-likeness (QED) is 0.812. The van der Waals surface area contributed by atoms with Crippen LogP contribution in [-0.2, 0) is 9.53 Å². The van der Waals surface area contributed by atoms with E-state index < -0.39 is 0 Å². The van der Waals surface area contributed by atoms with Crippen molar-refractivity contribution in [3.8, 4) is 0 Å². The third kappa shape index (κ3) is 4.22. The van der Waals surface area contributed by atoms with Crippen LogP contribution in [0.1, 0.15) is 19.3 Å². The molecule has 0 aliphatic carbocycles. The monoisotopic (exact) mass is 346 g/mol. The number of piperidine rings is 1. The summed E-state index contributed by atoms with van der Waals surface area (Å²) in [6.07, 6.45) is 3.84. The fraction of sp³-hybridized carbons (Fsp3) is 0.500. The number of amides is 1. The van der Waals surface area contributed by atoms with Gasteiger partial charge in [0.05, 0.1) is 5.52 Å². The van der Waals surface area contributed by atoms with Crippen molar-refractivity contribution >= 4 is 22.6 Å². The van der Waals surface area contributed by atoms with Gasteiger partial charge in [0.1, 0.15) is 18.0 Å². The molecular weight excluding hydrogens is 323 g/mol. The highest BCUT2D eigenvalue weighted by Crippen LogP contribution is 2.27. The smallest absolute Gasteiger partial charge is 0.223 e. The fourth-order valence-electron chi connectivity index (χ4n) is 3.19. The first kappa shape index (κ1) is 17.5. The number of carbonyl (C=O) groups is 1. The molecule has 134 valence electrons. The lowest BCUT2D eigenvalue weighted by atomic mass is 9.95. The third-order valence-corrected chi connectivity index (χ3v) is 4.57. The number of ether oxygens (including phenoxy) is 1. The van der Waals surface area contributed by atoms with Crippen molar-refractivity contribution in [2.45, 2.75) is 19.3 Å². The molecule has 1 N–H and O–H groups in total. The van der Waals surface area contributed by atoms with Gasteiger partial charge in [-0.05, 0) is 37.5 Å². The van der Waals surface area contributed by atoms with Gasteiger partial charge in [-0.3, -0.25) is 4.79 Å². The predicted molar refractivity (Wildman–Crippen MR) is 93.9 cm³/mol. The van der Waals surface area contributed by atoms with E-state index in [1.54, 1.807) is 13.2 Å². The first-order valence-electron chi connectivity index (χ1n) is 8.61. The molecule has 1 amide bonds. The van der Waals surface area contributed by atoms with Crippen LogP contribution in [0.4, 0.5) is 10.2 Å². The van der Waals surface area contributed by atoms with Crippen LogP contribution in [0.2, 0.25) is 0 Å². The highest BCUT2D eigenvalue weighted by Gasteiger charge is 2.26. The molecule has 0 radical (unpaired) electrons. The molecule has 1 aromatic heterocycles. The summed E-state index contributed by atoms with van der Waals surface area (Å²) >= 11 is 0. The lowest BCUT2D eigenvalue weighted by Crippen LogP contribution is -2.41. The molecule has 2 heterocycles. The average molecular weight is 346 g/mol. The maximum Gasteiger partial charge on any atom is 0.223 e. The average Bonchev–Trinajstić information content (AvgIpc) is 2.64. The fourth-order valence-corrected chi connectivity index (χ4v) is 3.19. The first-order valence-corrected chi connectivity index (χ1v) is 8.61. The van der Waals surface area contributed by atoms with E-state index in [4.69, 9.17) is 4.74 Å². The summed E-state index contributed by atoms with van der Waals surface area (Å²) in [5, 5.41) is 3.68. The second-order valence-electron chi connectivity index (χ2n) is 6.26. The van der Waals surface area contributed by atoms with Crippen LogP contribution >= 0.6 is 0 Å². The molecule has 1 aliphatic rings. The molecule has 1 aliphatic heterocycles. The molecule has 0 atom stereocenters. The van der Waals surface area contributed by atoms with Crippen LogP contribution in [-0.4, -0.2) is 49.2 Å². The number of hydrogen-bond acceptors (Lipinski definition) is 5. The van der Waals surface area contributed by atoms with E-state index in [-0.39, 0.29) is 17.6 Å². The number of rotatable bonds is 6. The zero-order chi connectivity index (χ0) is 17.6. The van der Waals surface area contributed by atoms with Gasteiger partial charge in [0.25, 0.3) is 0 Å². The van der Waals surface area contributed by atoms with Gasteiger partial charge >= 0.3 is 0 Å². The molecule has 2 aromatic rings. The molecule has 0 bridgehead atoms.